The molecule has 1 fully saturated rings. The lowest BCUT2D eigenvalue weighted by molar-refractivity contribution is 0.171. The summed E-state index contributed by atoms with van der Waals surface area (Å²) in [4.78, 5) is 2.12. The molecule has 0 amide bonds. The molecule has 1 aromatic carbocycles. The van der Waals surface area contributed by atoms with Gasteiger partial charge in [-0.05, 0) is 24.6 Å². The minimum absolute atomic E-state index is 0.0118. The summed E-state index contributed by atoms with van der Waals surface area (Å²) in [7, 11) is -3.64. The third-order valence-electron chi connectivity index (χ3n) is 3.49. The predicted molar refractivity (Wildman–Crippen MR) is 78.3 cm³/mol. The fourth-order valence-electron chi connectivity index (χ4n) is 2.27. The normalized spacial score (nSPS) is 18.0. The van der Waals surface area contributed by atoms with Crippen LogP contribution in [0.5, 0.6) is 0 Å². The van der Waals surface area contributed by atoms with Crippen LogP contribution in [0, 0.1) is 5.82 Å². The molecule has 0 radical (unpaired) electrons. The monoisotopic (exact) mass is 336 g/mol. The Morgan fingerprint density at radius 1 is 1.24 bits per heavy atom. The molecule has 0 bridgehead atoms. The van der Waals surface area contributed by atoms with Crippen molar-refractivity contribution >= 4 is 21.6 Å². The van der Waals surface area contributed by atoms with Gasteiger partial charge in [-0.2, -0.15) is 4.31 Å². The Morgan fingerprint density at radius 3 is 2.48 bits per heavy atom. The lowest BCUT2D eigenvalue weighted by Gasteiger charge is -2.33. The second-order valence-corrected chi connectivity index (χ2v) is 7.24. The average Bonchev–Trinajstić information content (AvgIpc) is 2.48. The number of halogens is 2. The smallest absolute Gasteiger partial charge is 0.243 e. The molecule has 1 saturated heterocycles. The highest BCUT2D eigenvalue weighted by atomic mass is 35.5. The second-order valence-electron chi connectivity index (χ2n) is 4.90. The highest BCUT2D eigenvalue weighted by Gasteiger charge is 2.28. The molecule has 0 saturated carbocycles. The minimum atomic E-state index is -3.64. The topological polar surface area (TPSA) is 60.9 Å². The summed E-state index contributed by atoms with van der Waals surface area (Å²) < 4.78 is 39.4. The van der Waals surface area contributed by atoms with Crippen LogP contribution in [-0.4, -0.2) is 62.1 Å². The highest BCUT2D eigenvalue weighted by molar-refractivity contribution is 7.89. The van der Waals surface area contributed by atoms with Crippen LogP contribution < -0.4 is 0 Å². The number of rotatable bonds is 5. The van der Waals surface area contributed by atoms with E-state index in [1.54, 1.807) is 0 Å². The highest BCUT2D eigenvalue weighted by Crippen LogP contribution is 2.23. The molecule has 1 aliphatic heterocycles. The second kappa shape index (κ2) is 7.02. The molecular formula is C13H18ClFN2O3S. The van der Waals surface area contributed by atoms with Crippen LogP contribution in [0.2, 0.25) is 5.02 Å². The van der Waals surface area contributed by atoms with E-state index in [1.165, 1.54) is 10.4 Å². The molecule has 0 spiro atoms. The Bertz CT molecular complexity index is 589. The van der Waals surface area contributed by atoms with Gasteiger partial charge >= 0.3 is 0 Å². The molecule has 0 atom stereocenters. The molecule has 1 heterocycles. The van der Waals surface area contributed by atoms with Crippen molar-refractivity contribution in [2.24, 2.45) is 0 Å². The number of benzene rings is 1. The van der Waals surface area contributed by atoms with E-state index in [1.807, 2.05) is 0 Å². The zero-order valence-electron chi connectivity index (χ0n) is 11.5. The van der Waals surface area contributed by atoms with Gasteiger partial charge in [0.15, 0.2) is 0 Å². The maximum Gasteiger partial charge on any atom is 0.243 e. The molecule has 8 heteroatoms. The Balaban J connectivity index is 2.06. The van der Waals surface area contributed by atoms with Gasteiger partial charge in [-0.25, -0.2) is 12.8 Å². The third kappa shape index (κ3) is 3.92. The Labute approximate surface area is 129 Å². The first-order valence-corrected chi connectivity index (χ1v) is 8.55. The predicted octanol–water partition coefficient (Wildman–Crippen LogP) is 1.17. The van der Waals surface area contributed by atoms with Crippen LogP contribution in [0.4, 0.5) is 4.39 Å². The maximum atomic E-state index is 13.1. The van der Waals surface area contributed by atoms with E-state index in [4.69, 9.17) is 16.7 Å². The number of sulfonamides is 1. The first-order valence-electron chi connectivity index (χ1n) is 6.73. The first-order chi connectivity index (χ1) is 9.95. The van der Waals surface area contributed by atoms with E-state index >= 15 is 0 Å². The van der Waals surface area contributed by atoms with E-state index in [0.717, 1.165) is 18.7 Å². The summed E-state index contributed by atoms with van der Waals surface area (Å²) in [6, 6.07) is 3.44. The van der Waals surface area contributed by atoms with Gasteiger partial charge in [-0.1, -0.05) is 11.6 Å². The summed E-state index contributed by atoms with van der Waals surface area (Å²) >= 11 is 5.65. The molecule has 21 heavy (non-hydrogen) atoms. The van der Waals surface area contributed by atoms with Gasteiger partial charge in [0.1, 0.15) is 5.82 Å². The number of hydrogen-bond acceptors (Lipinski definition) is 4. The van der Waals surface area contributed by atoms with E-state index in [0.29, 0.717) is 32.6 Å². The van der Waals surface area contributed by atoms with Crippen molar-refractivity contribution in [3.63, 3.8) is 0 Å². The van der Waals surface area contributed by atoms with Gasteiger partial charge in [0, 0.05) is 39.3 Å². The number of nitrogens with zero attached hydrogens (tertiary/aromatic N) is 2. The third-order valence-corrected chi connectivity index (χ3v) is 5.68. The average molecular weight is 337 g/mol. The van der Waals surface area contributed by atoms with Crippen LogP contribution in [0.1, 0.15) is 6.42 Å². The van der Waals surface area contributed by atoms with Gasteiger partial charge in [-0.3, -0.25) is 0 Å². The van der Waals surface area contributed by atoms with Gasteiger partial charge < -0.3 is 10.0 Å². The molecule has 1 N–H and O–H groups in total. The first kappa shape index (κ1) is 16.6. The van der Waals surface area contributed by atoms with Crippen molar-refractivity contribution in [1.82, 2.24) is 9.21 Å². The molecular weight excluding hydrogens is 319 g/mol. The van der Waals surface area contributed by atoms with Gasteiger partial charge in [0.2, 0.25) is 10.0 Å². The lowest BCUT2D eigenvalue weighted by Crippen LogP contribution is -2.48. The SMILES string of the molecule is O=S(=O)(c1ccc(F)c(Cl)c1)N1CCN(CCCO)CC1. The van der Waals surface area contributed by atoms with Crippen molar-refractivity contribution < 1.29 is 17.9 Å². The number of aliphatic hydroxyl groups is 1. The Hall–Kier alpha value is -0.730. The van der Waals surface area contributed by atoms with Crippen molar-refractivity contribution in [1.29, 1.82) is 0 Å². The van der Waals surface area contributed by atoms with Crippen LogP contribution in [-0.2, 0) is 10.0 Å². The zero-order chi connectivity index (χ0) is 15.5. The number of piperazine rings is 1. The van der Waals surface area contributed by atoms with Gasteiger partial charge in [0.05, 0.1) is 9.92 Å². The molecule has 1 aliphatic rings. The summed E-state index contributed by atoms with van der Waals surface area (Å²) in [6.07, 6.45) is 0.681. The van der Waals surface area contributed by atoms with E-state index < -0.39 is 15.8 Å². The molecule has 0 unspecified atom stereocenters. The van der Waals surface area contributed by atoms with Crippen LogP contribution >= 0.6 is 11.6 Å². The summed E-state index contributed by atoms with van der Waals surface area (Å²) in [6.45, 7) is 2.88. The fraction of sp³-hybridized carbons (Fsp3) is 0.538. The largest absolute Gasteiger partial charge is 0.396 e. The standard InChI is InChI=1S/C13H18ClFN2O3S/c14-12-10-11(2-3-13(12)15)21(19,20)17-7-5-16(6-8-17)4-1-9-18/h2-3,10,18H,1,4-9H2. The van der Waals surface area contributed by atoms with E-state index in [-0.39, 0.29) is 16.5 Å². The van der Waals surface area contributed by atoms with Gasteiger partial charge in [0.25, 0.3) is 0 Å². The molecule has 0 aliphatic carbocycles. The minimum Gasteiger partial charge on any atom is -0.396 e. The summed E-state index contributed by atoms with van der Waals surface area (Å²) in [5.74, 6) is -0.635. The summed E-state index contributed by atoms with van der Waals surface area (Å²) in [5, 5.41) is 8.60. The zero-order valence-corrected chi connectivity index (χ0v) is 13.1. The Morgan fingerprint density at radius 2 is 1.90 bits per heavy atom. The molecule has 5 nitrogen and oxygen atoms in total. The van der Waals surface area contributed by atoms with Gasteiger partial charge in [-0.15, -0.1) is 0 Å². The quantitative estimate of drug-likeness (QED) is 0.877. The summed E-state index contributed by atoms with van der Waals surface area (Å²) in [5.41, 5.74) is 0. The molecule has 118 valence electrons. The van der Waals surface area contributed by atoms with Crippen molar-refractivity contribution in [3.8, 4) is 0 Å². The maximum absolute atomic E-state index is 13.1. The van der Waals surface area contributed by atoms with E-state index in [9.17, 15) is 12.8 Å². The van der Waals surface area contributed by atoms with Crippen LogP contribution in [0.3, 0.4) is 0 Å². The van der Waals surface area contributed by atoms with Crippen LogP contribution in [0.15, 0.2) is 23.1 Å². The van der Waals surface area contributed by atoms with Crippen LogP contribution in [0.25, 0.3) is 0 Å². The lowest BCUT2D eigenvalue weighted by atomic mass is 10.3. The van der Waals surface area contributed by atoms with Crippen molar-refractivity contribution in [2.75, 3.05) is 39.3 Å². The van der Waals surface area contributed by atoms with Crippen molar-refractivity contribution in [2.45, 2.75) is 11.3 Å². The molecule has 0 aromatic heterocycles. The molecule has 1 aromatic rings. The van der Waals surface area contributed by atoms with Crippen molar-refractivity contribution in [3.05, 3.63) is 29.0 Å². The Kier molecular flexibility index (Phi) is 5.56. The number of hydrogen-bond donors (Lipinski definition) is 1. The fourth-order valence-corrected chi connectivity index (χ4v) is 3.97. The molecule has 2 rings (SSSR count). The van der Waals surface area contributed by atoms with E-state index in [2.05, 4.69) is 4.90 Å². The number of aliphatic hydroxyl groups excluding tert-OH is 1.